The number of hydrogen-bond donors (Lipinski definition) is 0. The van der Waals surface area contributed by atoms with Crippen molar-refractivity contribution >= 4 is 17.3 Å². The van der Waals surface area contributed by atoms with E-state index in [1.165, 1.54) is 12.1 Å². The first-order chi connectivity index (χ1) is 16.7. The van der Waals surface area contributed by atoms with Crippen LogP contribution in [0.25, 0.3) is 0 Å². The van der Waals surface area contributed by atoms with Crippen molar-refractivity contribution in [2.45, 2.75) is 46.5 Å². The van der Waals surface area contributed by atoms with Crippen molar-refractivity contribution in [3.05, 3.63) is 63.5 Å². The molecule has 0 bridgehead atoms. The Morgan fingerprint density at radius 2 is 1.77 bits per heavy atom. The van der Waals surface area contributed by atoms with Gasteiger partial charge in [-0.25, -0.2) is 9.18 Å². The van der Waals surface area contributed by atoms with Gasteiger partial charge in [-0.3, -0.25) is 10.1 Å². The van der Waals surface area contributed by atoms with Crippen LogP contribution < -0.4 is 9.64 Å². The van der Waals surface area contributed by atoms with Crippen LogP contribution in [0.3, 0.4) is 0 Å². The first-order valence-corrected chi connectivity index (χ1v) is 12.1. The van der Waals surface area contributed by atoms with Gasteiger partial charge in [-0.05, 0) is 43.5 Å². The van der Waals surface area contributed by atoms with Crippen molar-refractivity contribution in [3.8, 4) is 5.75 Å². The number of nitro benzene ring substituents is 1. The van der Waals surface area contributed by atoms with Gasteiger partial charge in [-0.2, -0.15) is 0 Å². The molecular weight excluding hydrogens is 453 g/mol. The Hall–Kier alpha value is -3.20. The Bertz CT molecular complexity index is 1020. The van der Waals surface area contributed by atoms with Crippen LogP contribution in [0.5, 0.6) is 5.75 Å². The Balaban J connectivity index is 1.63. The number of aryl methyl sites for hydroxylation is 1. The average Bonchev–Trinajstić information content (AvgIpc) is 2.82. The lowest BCUT2D eigenvalue weighted by Crippen LogP contribution is -2.47. The first-order valence-electron chi connectivity index (χ1n) is 12.1. The summed E-state index contributed by atoms with van der Waals surface area (Å²) >= 11 is 0. The third kappa shape index (κ3) is 6.69. The van der Waals surface area contributed by atoms with Crippen molar-refractivity contribution in [2.75, 3.05) is 37.7 Å². The van der Waals surface area contributed by atoms with Crippen LogP contribution in [0.15, 0.2) is 36.4 Å². The van der Waals surface area contributed by atoms with Crippen LogP contribution in [-0.4, -0.2) is 48.7 Å². The maximum absolute atomic E-state index is 13.2. The number of rotatable bonds is 10. The second-order valence-corrected chi connectivity index (χ2v) is 9.16. The number of hydrogen-bond acceptors (Lipinski definition) is 7. The monoisotopic (exact) mass is 487 g/mol. The highest BCUT2D eigenvalue weighted by Crippen LogP contribution is 2.38. The summed E-state index contributed by atoms with van der Waals surface area (Å²) in [5.74, 6) is -0.967. The van der Waals surface area contributed by atoms with Crippen LogP contribution in [-0.2, 0) is 9.63 Å². The predicted molar refractivity (Wildman–Crippen MR) is 132 cm³/mol. The minimum atomic E-state index is -0.546. The maximum atomic E-state index is 13.2. The summed E-state index contributed by atoms with van der Waals surface area (Å²) in [6, 6.07) is 9.91. The molecule has 1 atom stereocenters. The van der Waals surface area contributed by atoms with Crippen LogP contribution in [0.4, 0.5) is 15.8 Å². The number of benzene rings is 2. The normalized spacial score (nSPS) is 15.2. The van der Waals surface area contributed by atoms with Gasteiger partial charge in [-0.15, -0.1) is 5.06 Å². The Morgan fingerprint density at radius 1 is 1.11 bits per heavy atom. The molecule has 3 rings (SSSR count). The summed E-state index contributed by atoms with van der Waals surface area (Å²) in [6.07, 6.45) is 1.29. The van der Waals surface area contributed by atoms with E-state index in [9.17, 15) is 19.3 Å². The molecule has 1 aliphatic heterocycles. The second-order valence-electron chi connectivity index (χ2n) is 9.16. The third-order valence-corrected chi connectivity index (χ3v) is 6.22. The van der Waals surface area contributed by atoms with Gasteiger partial charge in [0.05, 0.1) is 23.9 Å². The molecule has 1 unspecified atom stereocenters. The minimum absolute atomic E-state index is 0.00618. The molecule has 2 aromatic carbocycles. The standard InChI is InChI=1S/C26H34FN3O5/c1-5-6-20(17-34-25-23(18(2)3)12-7-19(4)24(25)30(32)33)26(31)35-29-15-13-28(14-16-29)22-10-8-21(27)9-11-22/h7-12,18,20H,5-6,13-17H2,1-4H3. The molecule has 9 heteroatoms. The van der Waals surface area contributed by atoms with Gasteiger partial charge in [0.2, 0.25) is 5.75 Å². The minimum Gasteiger partial charge on any atom is -0.486 e. The van der Waals surface area contributed by atoms with Gasteiger partial charge < -0.3 is 14.5 Å². The van der Waals surface area contributed by atoms with E-state index < -0.39 is 16.8 Å². The third-order valence-electron chi connectivity index (χ3n) is 6.22. The second kappa shape index (κ2) is 12.0. The number of nitrogens with zero attached hydrogens (tertiary/aromatic N) is 3. The van der Waals surface area contributed by atoms with Crippen LogP contribution in [0.1, 0.15) is 50.7 Å². The molecule has 0 radical (unpaired) electrons. The van der Waals surface area contributed by atoms with Gasteiger partial charge in [0, 0.05) is 29.9 Å². The highest BCUT2D eigenvalue weighted by molar-refractivity contribution is 5.72. The molecule has 1 saturated heterocycles. The number of hydroxylamine groups is 2. The molecule has 0 spiro atoms. The van der Waals surface area contributed by atoms with E-state index in [1.54, 1.807) is 30.2 Å². The van der Waals surface area contributed by atoms with Gasteiger partial charge in [-0.1, -0.05) is 39.3 Å². The average molecular weight is 488 g/mol. The summed E-state index contributed by atoms with van der Waals surface area (Å²) in [4.78, 5) is 32.1. The Labute approximate surface area is 205 Å². The van der Waals surface area contributed by atoms with Crippen molar-refractivity contribution in [1.29, 1.82) is 0 Å². The molecule has 2 aromatic rings. The van der Waals surface area contributed by atoms with Crippen LogP contribution in [0, 0.1) is 28.8 Å². The van der Waals surface area contributed by atoms with E-state index in [0.717, 1.165) is 17.7 Å². The molecule has 0 saturated carbocycles. The maximum Gasteiger partial charge on any atom is 0.331 e. The smallest absolute Gasteiger partial charge is 0.331 e. The molecular formula is C26H34FN3O5. The predicted octanol–water partition coefficient (Wildman–Crippen LogP) is 5.24. The molecule has 35 heavy (non-hydrogen) atoms. The largest absolute Gasteiger partial charge is 0.486 e. The zero-order valence-corrected chi connectivity index (χ0v) is 20.8. The summed E-state index contributed by atoms with van der Waals surface area (Å²) in [5, 5.41) is 13.4. The summed E-state index contributed by atoms with van der Waals surface area (Å²) in [5.41, 5.74) is 2.12. The molecule has 0 aromatic heterocycles. The highest BCUT2D eigenvalue weighted by atomic mass is 19.1. The molecule has 1 aliphatic rings. The number of nitro groups is 1. The zero-order valence-electron chi connectivity index (χ0n) is 20.8. The number of ether oxygens (including phenoxy) is 1. The number of piperazine rings is 1. The number of carbonyl (C=O) groups excluding carboxylic acids is 1. The quantitative estimate of drug-likeness (QED) is 0.335. The van der Waals surface area contributed by atoms with E-state index >= 15 is 0 Å². The van der Waals surface area contributed by atoms with Gasteiger partial charge >= 0.3 is 11.7 Å². The molecule has 0 aliphatic carbocycles. The van der Waals surface area contributed by atoms with Gasteiger partial charge in [0.1, 0.15) is 12.4 Å². The molecule has 190 valence electrons. The van der Waals surface area contributed by atoms with E-state index in [0.29, 0.717) is 38.2 Å². The molecule has 8 nitrogen and oxygen atoms in total. The van der Waals surface area contributed by atoms with Crippen molar-refractivity contribution in [3.63, 3.8) is 0 Å². The summed E-state index contributed by atoms with van der Waals surface area (Å²) in [7, 11) is 0. The number of anilines is 1. The Kier molecular flexibility index (Phi) is 9.03. The topological polar surface area (TPSA) is 85.1 Å². The van der Waals surface area contributed by atoms with E-state index in [1.807, 2.05) is 26.8 Å². The lowest BCUT2D eigenvalue weighted by atomic mass is 9.98. The summed E-state index contributed by atoms with van der Waals surface area (Å²) in [6.45, 7) is 9.87. The fraction of sp³-hybridized carbons (Fsp3) is 0.500. The summed E-state index contributed by atoms with van der Waals surface area (Å²) < 4.78 is 19.2. The van der Waals surface area contributed by atoms with Crippen molar-refractivity contribution in [1.82, 2.24) is 5.06 Å². The van der Waals surface area contributed by atoms with Crippen LogP contribution >= 0.6 is 0 Å². The van der Waals surface area contributed by atoms with E-state index in [4.69, 9.17) is 9.57 Å². The fourth-order valence-corrected chi connectivity index (χ4v) is 4.21. The lowest BCUT2D eigenvalue weighted by molar-refractivity contribution is -0.386. The van der Waals surface area contributed by atoms with E-state index in [-0.39, 0.29) is 29.8 Å². The van der Waals surface area contributed by atoms with Crippen molar-refractivity contribution < 1.29 is 23.7 Å². The fourth-order valence-electron chi connectivity index (χ4n) is 4.21. The number of carbonyl (C=O) groups is 1. The molecule has 1 heterocycles. The number of halogens is 1. The first kappa shape index (κ1) is 26.4. The molecule has 0 N–H and O–H groups in total. The molecule has 0 amide bonds. The van der Waals surface area contributed by atoms with Crippen molar-refractivity contribution in [2.24, 2.45) is 5.92 Å². The van der Waals surface area contributed by atoms with E-state index in [2.05, 4.69) is 4.90 Å². The van der Waals surface area contributed by atoms with Gasteiger partial charge in [0.25, 0.3) is 0 Å². The van der Waals surface area contributed by atoms with Crippen LogP contribution in [0.2, 0.25) is 0 Å². The Morgan fingerprint density at radius 3 is 2.34 bits per heavy atom. The SMILES string of the molecule is CCCC(COc1c(C(C)C)ccc(C)c1[N+](=O)[O-])C(=O)ON1CCN(c2ccc(F)cc2)CC1. The highest BCUT2D eigenvalue weighted by Gasteiger charge is 2.29. The lowest BCUT2D eigenvalue weighted by Gasteiger charge is -2.35. The molecule has 1 fully saturated rings. The zero-order chi connectivity index (χ0) is 25.5. The van der Waals surface area contributed by atoms with Gasteiger partial charge in [0.15, 0.2) is 0 Å².